The minimum atomic E-state index is -0.467. The third-order valence-corrected chi connectivity index (χ3v) is 4.48. The van der Waals surface area contributed by atoms with Gasteiger partial charge in [0, 0.05) is 5.56 Å². The van der Waals surface area contributed by atoms with Crippen LogP contribution in [-0.2, 0) is 6.54 Å². The maximum absolute atomic E-state index is 12.8. The lowest BCUT2D eigenvalue weighted by atomic mass is 10.1. The molecular formula is C21H16N2O5. The van der Waals surface area contributed by atoms with Gasteiger partial charge in [0.05, 0.1) is 36.7 Å². The number of imide groups is 1. The number of fused-ring (bicyclic) bond motifs is 1. The van der Waals surface area contributed by atoms with E-state index in [-0.39, 0.29) is 23.6 Å². The Labute approximate surface area is 160 Å². The summed E-state index contributed by atoms with van der Waals surface area (Å²) in [7, 11) is 1.54. The van der Waals surface area contributed by atoms with Crippen molar-refractivity contribution in [1.82, 2.24) is 5.32 Å². The first-order valence-electron chi connectivity index (χ1n) is 8.56. The van der Waals surface area contributed by atoms with E-state index >= 15 is 0 Å². The van der Waals surface area contributed by atoms with Crippen LogP contribution in [-0.4, -0.2) is 24.8 Å². The number of ether oxygens (including phenoxy) is 1. The molecule has 28 heavy (non-hydrogen) atoms. The van der Waals surface area contributed by atoms with Crippen molar-refractivity contribution in [2.75, 3.05) is 12.0 Å². The van der Waals surface area contributed by atoms with Gasteiger partial charge in [0.15, 0.2) is 0 Å². The molecule has 7 heteroatoms. The van der Waals surface area contributed by atoms with Crippen LogP contribution < -0.4 is 15.0 Å². The van der Waals surface area contributed by atoms with E-state index in [4.69, 9.17) is 9.15 Å². The van der Waals surface area contributed by atoms with Crippen molar-refractivity contribution < 1.29 is 23.5 Å². The van der Waals surface area contributed by atoms with Gasteiger partial charge in [0.25, 0.3) is 17.7 Å². The molecule has 1 N–H and O–H groups in total. The van der Waals surface area contributed by atoms with Crippen molar-refractivity contribution in [1.29, 1.82) is 0 Å². The smallest absolute Gasteiger partial charge is 0.266 e. The molecule has 3 aromatic rings. The second-order valence-electron chi connectivity index (χ2n) is 6.17. The van der Waals surface area contributed by atoms with Crippen LogP contribution in [0.1, 0.15) is 36.8 Å². The van der Waals surface area contributed by atoms with Gasteiger partial charge in [-0.25, -0.2) is 4.90 Å². The molecular weight excluding hydrogens is 360 g/mol. The Kier molecular flexibility index (Phi) is 4.41. The number of amides is 3. The summed E-state index contributed by atoms with van der Waals surface area (Å²) in [5.74, 6) is -0.0109. The highest BCUT2D eigenvalue weighted by Crippen LogP contribution is 2.30. The minimum absolute atomic E-state index is 0.200. The Morgan fingerprint density at radius 1 is 1.04 bits per heavy atom. The fraction of sp³-hybridized carbons (Fsp3) is 0.0952. The Balaban J connectivity index is 1.57. The first-order chi connectivity index (χ1) is 13.6. The molecule has 2 heterocycles. The summed E-state index contributed by atoms with van der Waals surface area (Å²) in [5.41, 5.74) is 1.20. The summed E-state index contributed by atoms with van der Waals surface area (Å²) in [5, 5.41) is 2.72. The highest BCUT2D eigenvalue weighted by molar-refractivity contribution is 6.34. The molecule has 1 aliphatic rings. The fourth-order valence-corrected chi connectivity index (χ4v) is 3.03. The number of hydrogen-bond donors (Lipinski definition) is 1. The molecule has 4 rings (SSSR count). The second-order valence-corrected chi connectivity index (χ2v) is 6.17. The van der Waals surface area contributed by atoms with E-state index < -0.39 is 11.8 Å². The number of nitrogens with zero attached hydrogens (tertiary/aromatic N) is 1. The maximum Gasteiger partial charge on any atom is 0.266 e. The average molecular weight is 376 g/mol. The number of anilines is 1. The number of hydrogen-bond acceptors (Lipinski definition) is 5. The van der Waals surface area contributed by atoms with E-state index in [2.05, 4.69) is 5.32 Å². The highest BCUT2D eigenvalue weighted by Gasteiger charge is 2.37. The number of nitrogens with one attached hydrogen (secondary N) is 1. The van der Waals surface area contributed by atoms with Crippen molar-refractivity contribution in [2.24, 2.45) is 0 Å². The molecule has 0 atom stereocenters. The molecule has 3 amide bonds. The predicted molar refractivity (Wildman–Crippen MR) is 100 cm³/mol. The number of methoxy groups -OCH3 is 1. The molecule has 140 valence electrons. The lowest BCUT2D eigenvalue weighted by Gasteiger charge is -2.14. The van der Waals surface area contributed by atoms with Crippen LogP contribution in [0, 0.1) is 0 Å². The number of carbonyl (C=O) groups is 3. The largest absolute Gasteiger partial charge is 0.497 e. The second kappa shape index (κ2) is 7.03. The van der Waals surface area contributed by atoms with Gasteiger partial charge in [0.2, 0.25) is 0 Å². The van der Waals surface area contributed by atoms with Gasteiger partial charge >= 0.3 is 0 Å². The first-order valence-corrected chi connectivity index (χ1v) is 8.56. The fourth-order valence-electron chi connectivity index (χ4n) is 3.03. The van der Waals surface area contributed by atoms with Gasteiger partial charge in [-0.1, -0.05) is 0 Å². The highest BCUT2D eigenvalue weighted by atomic mass is 16.5. The van der Waals surface area contributed by atoms with Crippen LogP contribution in [0.2, 0.25) is 0 Å². The van der Waals surface area contributed by atoms with Gasteiger partial charge < -0.3 is 14.5 Å². The normalized spacial score (nSPS) is 12.8. The van der Waals surface area contributed by atoms with Crippen LogP contribution in [0.4, 0.5) is 5.69 Å². The molecule has 0 saturated heterocycles. The molecule has 0 fully saturated rings. The summed E-state index contributed by atoms with van der Waals surface area (Å²) < 4.78 is 10.3. The van der Waals surface area contributed by atoms with E-state index in [1.54, 1.807) is 36.4 Å². The topological polar surface area (TPSA) is 88.8 Å². The molecule has 0 saturated carbocycles. The van der Waals surface area contributed by atoms with Crippen LogP contribution in [0.3, 0.4) is 0 Å². The molecule has 0 unspecified atom stereocenters. The van der Waals surface area contributed by atoms with Gasteiger partial charge in [0.1, 0.15) is 11.5 Å². The third kappa shape index (κ3) is 3.03. The minimum Gasteiger partial charge on any atom is -0.497 e. The van der Waals surface area contributed by atoms with Crippen LogP contribution >= 0.6 is 0 Å². The molecule has 0 bridgehead atoms. The molecule has 1 aromatic heterocycles. The molecule has 2 aromatic carbocycles. The van der Waals surface area contributed by atoms with Crippen molar-refractivity contribution in [3.05, 3.63) is 83.3 Å². The SMILES string of the molecule is COc1ccc(N2C(=O)c3ccc(C(=O)NCc4ccco4)cc3C2=O)cc1. The molecule has 0 radical (unpaired) electrons. The van der Waals surface area contributed by atoms with Crippen molar-refractivity contribution in [3.8, 4) is 5.75 Å². The number of benzene rings is 2. The van der Waals surface area contributed by atoms with Crippen LogP contribution in [0.5, 0.6) is 5.75 Å². The maximum atomic E-state index is 12.8. The lowest BCUT2D eigenvalue weighted by Crippen LogP contribution is -2.29. The molecule has 0 spiro atoms. The van der Waals surface area contributed by atoms with E-state index in [1.807, 2.05) is 0 Å². The van der Waals surface area contributed by atoms with Gasteiger partial charge in [-0.2, -0.15) is 0 Å². The van der Waals surface area contributed by atoms with Crippen molar-refractivity contribution in [2.45, 2.75) is 6.54 Å². The van der Waals surface area contributed by atoms with Crippen LogP contribution in [0.25, 0.3) is 0 Å². The Morgan fingerprint density at radius 3 is 2.46 bits per heavy atom. The van der Waals surface area contributed by atoms with Crippen molar-refractivity contribution in [3.63, 3.8) is 0 Å². The Hall–Kier alpha value is -3.87. The number of carbonyl (C=O) groups excluding carboxylic acids is 3. The summed E-state index contributed by atoms with van der Waals surface area (Å²) in [6.07, 6.45) is 1.52. The zero-order chi connectivity index (χ0) is 19.7. The quantitative estimate of drug-likeness (QED) is 0.692. The molecule has 0 aliphatic carbocycles. The summed E-state index contributed by atoms with van der Waals surface area (Å²) >= 11 is 0. The van der Waals surface area contributed by atoms with E-state index in [0.717, 1.165) is 4.90 Å². The average Bonchev–Trinajstić information content (AvgIpc) is 3.33. The molecule has 7 nitrogen and oxygen atoms in total. The lowest BCUT2D eigenvalue weighted by molar-refractivity contribution is 0.0923. The monoisotopic (exact) mass is 376 g/mol. The van der Waals surface area contributed by atoms with Gasteiger partial charge in [-0.05, 0) is 54.6 Å². The zero-order valence-corrected chi connectivity index (χ0v) is 15.0. The summed E-state index contributed by atoms with van der Waals surface area (Å²) in [6.45, 7) is 0.230. The molecule has 1 aliphatic heterocycles. The number of rotatable bonds is 5. The summed E-state index contributed by atoms with van der Waals surface area (Å²) in [6, 6.07) is 14.6. The van der Waals surface area contributed by atoms with Crippen LogP contribution in [0.15, 0.2) is 65.3 Å². The Morgan fingerprint density at radius 2 is 1.79 bits per heavy atom. The van der Waals surface area contributed by atoms with E-state index in [9.17, 15) is 14.4 Å². The van der Waals surface area contributed by atoms with E-state index in [0.29, 0.717) is 22.8 Å². The van der Waals surface area contributed by atoms with Crippen molar-refractivity contribution >= 4 is 23.4 Å². The zero-order valence-electron chi connectivity index (χ0n) is 15.0. The Bertz CT molecular complexity index is 1050. The van der Waals surface area contributed by atoms with Gasteiger partial charge in [-0.15, -0.1) is 0 Å². The number of furan rings is 1. The first kappa shape index (κ1) is 17.5. The van der Waals surface area contributed by atoms with Gasteiger partial charge in [-0.3, -0.25) is 14.4 Å². The third-order valence-electron chi connectivity index (χ3n) is 4.48. The standard InChI is InChI=1S/C21H16N2O5/c1-27-15-7-5-14(6-8-15)23-20(25)17-9-4-13(11-18(17)21(23)26)19(24)22-12-16-3-2-10-28-16/h2-11H,12H2,1H3,(H,22,24). The van der Waals surface area contributed by atoms with E-state index in [1.165, 1.54) is 31.6 Å². The summed E-state index contributed by atoms with van der Waals surface area (Å²) in [4.78, 5) is 39.0. The predicted octanol–water partition coefficient (Wildman–Crippen LogP) is 3.02.